The molecule has 0 spiro atoms. The first-order chi connectivity index (χ1) is 9.29. The lowest BCUT2D eigenvalue weighted by Gasteiger charge is -2.01. The number of halogens is 2. The van der Waals surface area contributed by atoms with Crippen LogP contribution in [0.1, 0.15) is 0 Å². The molecule has 0 radical (unpaired) electrons. The molecule has 2 N–H and O–H groups in total. The summed E-state index contributed by atoms with van der Waals surface area (Å²) >= 11 is 6.13. The molecule has 0 atom stereocenters. The summed E-state index contributed by atoms with van der Waals surface area (Å²) in [5.74, 6) is 0. The molecule has 0 amide bonds. The van der Waals surface area contributed by atoms with Crippen LogP contribution in [0.2, 0.25) is 5.02 Å². The Hall–Kier alpha value is -1.48. The van der Waals surface area contributed by atoms with Crippen LogP contribution in [0.4, 0.5) is 0 Å². The minimum atomic E-state index is 0. The van der Waals surface area contributed by atoms with Crippen molar-refractivity contribution in [2.24, 2.45) is 5.73 Å². The molecule has 4 heteroatoms. The number of benzene rings is 2. The van der Waals surface area contributed by atoms with Crippen LogP contribution >= 0.6 is 24.0 Å². The molecule has 3 aromatic rings. The Morgan fingerprint density at radius 2 is 1.80 bits per heavy atom. The van der Waals surface area contributed by atoms with Crippen LogP contribution < -0.4 is 5.73 Å². The number of nitrogens with zero attached hydrogens (tertiary/aromatic N) is 1. The number of rotatable bonds is 3. The third kappa shape index (κ3) is 2.68. The Morgan fingerprint density at radius 3 is 2.50 bits per heavy atom. The summed E-state index contributed by atoms with van der Waals surface area (Å²) in [6, 6.07) is 16.3. The van der Waals surface area contributed by atoms with Gasteiger partial charge in [-0.3, -0.25) is 0 Å². The molecule has 0 unspecified atom stereocenters. The van der Waals surface area contributed by atoms with Gasteiger partial charge in [0.2, 0.25) is 0 Å². The highest BCUT2D eigenvalue weighted by atomic mass is 35.5. The first-order valence-corrected chi connectivity index (χ1v) is 6.71. The van der Waals surface area contributed by atoms with Crippen molar-refractivity contribution in [1.82, 2.24) is 4.57 Å². The molecule has 20 heavy (non-hydrogen) atoms. The first-order valence-electron chi connectivity index (χ1n) is 6.33. The highest BCUT2D eigenvalue weighted by molar-refractivity contribution is 6.31. The number of aromatic nitrogens is 1. The monoisotopic (exact) mass is 306 g/mol. The van der Waals surface area contributed by atoms with Gasteiger partial charge in [-0.2, -0.15) is 0 Å². The van der Waals surface area contributed by atoms with Gasteiger partial charge in [-0.15, -0.1) is 12.4 Å². The summed E-state index contributed by atoms with van der Waals surface area (Å²) in [7, 11) is 0. The standard InChI is InChI=1S/C16H15ClN2.ClH/c17-13-6-7-16-14(10-13)15(11-19(16)9-8-18)12-4-2-1-3-5-12;/h1-7,10-11H,8-9,18H2;1H. The fourth-order valence-electron chi connectivity index (χ4n) is 2.44. The summed E-state index contributed by atoms with van der Waals surface area (Å²) in [6.07, 6.45) is 2.16. The van der Waals surface area contributed by atoms with Gasteiger partial charge in [0.15, 0.2) is 0 Å². The molecule has 0 fully saturated rings. The van der Waals surface area contributed by atoms with E-state index in [4.69, 9.17) is 17.3 Å². The Labute approximate surface area is 129 Å². The van der Waals surface area contributed by atoms with E-state index in [2.05, 4.69) is 29.0 Å². The van der Waals surface area contributed by atoms with Crippen LogP contribution in [0.25, 0.3) is 22.0 Å². The van der Waals surface area contributed by atoms with Gasteiger partial charge in [-0.1, -0.05) is 41.9 Å². The zero-order chi connectivity index (χ0) is 13.2. The van der Waals surface area contributed by atoms with Crippen molar-refractivity contribution in [2.75, 3.05) is 6.54 Å². The van der Waals surface area contributed by atoms with Gasteiger partial charge in [0, 0.05) is 40.8 Å². The third-order valence-corrected chi connectivity index (χ3v) is 3.53. The molecular weight excluding hydrogens is 291 g/mol. The maximum atomic E-state index is 6.13. The smallest absolute Gasteiger partial charge is 0.0488 e. The third-order valence-electron chi connectivity index (χ3n) is 3.30. The van der Waals surface area contributed by atoms with E-state index in [1.807, 2.05) is 30.3 Å². The van der Waals surface area contributed by atoms with Crippen LogP contribution in [0.5, 0.6) is 0 Å². The maximum Gasteiger partial charge on any atom is 0.0488 e. The summed E-state index contributed by atoms with van der Waals surface area (Å²) in [5.41, 5.74) is 9.26. The average molecular weight is 307 g/mol. The van der Waals surface area contributed by atoms with E-state index < -0.39 is 0 Å². The van der Waals surface area contributed by atoms with E-state index in [1.165, 1.54) is 22.0 Å². The number of nitrogens with two attached hydrogens (primary N) is 1. The van der Waals surface area contributed by atoms with Crippen LogP contribution in [-0.4, -0.2) is 11.1 Å². The van der Waals surface area contributed by atoms with Crippen molar-refractivity contribution >= 4 is 34.9 Å². The highest BCUT2D eigenvalue weighted by Crippen LogP contribution is 2.32. The molecule has 2 aromatic carbocycles. The number of hydrogen-bond acceptors (Lipinski definition) is 1. The average Bonchev–Trinajstić information content (AvgIpc) is 2.78. The number of fused-ring (bicyclic) bond motifs is 1. The van der Waals surface area contributed by atoms with Crippen LogP contribution in [0, 0.1) is 0 Å². The summed E-state index contributed by atoms with van der Waals surface area (Å²) in [4.78, 5) is 0. The fraction of sp³-hybridized carbons (Fsp3) is 0.125. The molecule has 1 aromatic heterocycles. The second kappa shape index (κ2) is 6.31. The SMILES string of the molecule is Cl.NCCn1cc(-c2ccccc2)c2cc(Cl)ccc21. The van der Waals surface area contributed by atoms with E-state index in [9.17, 15) is 0 Å². The Kier molecular flexibility index (Phi) is 4.71. The minimum Gasteiger partial charge on any atom is -0.346 e. The van der Waals surface area contributed by atoms with Crippen molar-refractivity contribution in [2.45, 2.75) is 6.54 Å². The lowest BCUT2D eigenvalue weighted by molar-refractivity contribution is 0.736. The molecule has 0 aliphatic carbocycles. The molecule has 1 heterocycles. The lowest BCUT2D eigenvalue weighted by atomic mass is 10.1. The second-order valence-electron chi connectivity index (χ2n) is 4.55. The van der Waals surface area contributed by atoms with Gasteiger partial charge in [-0.25, -0.2) is 0 Å². The van der Waals surface area contributed by atoms with Crippen LogP contribution in [-0.2, 0) is 6.54 Å². The Morgan fingerprint density at radius 1 is 1.05 bits per heavy atom. The molecule has 0 saturated carbocycles. The molecule has 0 aliphatic heterocycles. The fourth-order valence-corrected chi connectivity index (χ4v) is 2.61. The van der Waals surface area contributed by atoms with Crippen LogP contribution in [0.3, 0.4) is 0 Å². The zero-order valence-corrected chi connectivity index (χ0v) is 12.5. The van der Waals surface area contributed by atoms with Gasteiger partial charge in [0.05, 0.1) is 0 Å². The summed E-state index contributed by atoms with van der Waals surface area (Å²) in [5, 5.41) is 1.93. The first kappa shape index (κ1) is 14.9. The van der Waals surface area contributed by atoms with E-state index in [0.717, 1.165) is 11.6 Å². The predicted octanol–water partition coefficient (Wildman–Crippen LogP) is 4.34. The topological polar surface area (TPSA) is 30.9 Å². The molecule has 104 valence electrons. The van der Waals surface area contributed by atoms with E-state index in [0.29, 0.717) is 6.54 Å². The van der Waals surface area contributed by atoms with Gasteiger partial charge >= 0.3 is 0 Å². The summed E-state index contributed by atoms with van der Waals surface area (Å²) < 4.78 is 2.19. The minimum absolute atomic E-state index is 0. The Balaban J connectivity index is 0.00000147. The van der Waals surface area contributed by atoms with Crippen LogP contribution in [0.15, 0.2) is 54.7 Å². The van der Waals surface area contributed by atoms with Gasteiger partial charge in [0.25, 0.3) is 0 Å². The highest BCUT2D eigenvalue weighted by Gasteiger charge is 2.10. The largest absolute Gasteiger partial charge is 0.346 e. The van der Waals surface area contributed by atoms with Gasteiger partial charge < -0.3 is 10.3 Å². The predicted molar refractivity (Wildman–Crippen MR) is 88.7 cm³/mol. The molecule has 3 rings (SSSR count). The molecule has 0 bridgehead atoms. The van der Waals surface area contributed by atoms with Crippen molar-refractivity contribution in [3.05, 3.63) is 59.8 Å². The van der Waals surface area contributed by atoms with Crippen molar-refractivity contribution in [3.63, 3.8) is 0 Å². The summed E-state index contributed by atoms with van der Waals surface area (Å²) in [6.45, 7) is 1.44. The zero-order valence-electron chi connectivity index (χ0n) is 10.9. The van der Waals surface area contributed by atoms with Crippen molar-refractivity contribution in [3.8, 4) is 11.1 Å². The van der Waals surface area contributed by atoms with Crippen molar-refractivity contribution < 1.29 is 0 Å². The Bertz CT molecular complexity index is 705. The lowest BCUT2D eigenvalue weighted by Crippen LogP contribution is -2.08. The molecular formula is C16H16Cl2N2. The van der Waals surface area contributed by atoms with E-state index in [-0.39, 0.29) is 12.4 Å². The van der Waals surface area contributed by atoms with Gasteiger partial charge in [0.1, 0.15) is 0 Å². The molecule has 0 aliphatic rings. The quantitative estimate of drug-likeness (QED) is 0.766. The van der Waals surface area contributed by atoms with E-state index in [1.54, 1.807) is 0 Å². The normalized spacial score (nSPS) is 10.5. The van der Waals surface area contributed by atoms with E-state index >= 15 is 0 Å². The second-order valence-corrected chi connectivity index (χ2v) is 4.99. The molecule has 2 nitrogen and oxygen atoms in total. The van der Waals surface area contributed by atoms with Crippen molar-refractivity contribution in [1.29, 1.82) is 0 Å². The number of hydrogen-bond donors (Lipinski definition) is 1. The van der Waals surface area contributed by atoms with Gasteiger partial charge in [-0.05, 0) is 23.8 Å². The molecule has 0 saturated heterocycles. The maximum absolute atomic E-state index is 6.13.